The van der Waals surface area contributed by atoms with Gasteiger partial charge >= 0.3 is 0 Å². The molecule has 0 bridgehead atoms. The Balaban J connectivity index is 1.32. The van der Waals surface area contributed by atoms with Gasteiger partial charge in [0.25, 0.3) is 0 Å². The predicted octanol–water partition coefficient (Wildman–Crippen LogP) is 11.9. The van der Waals surface area contributed by atoms with Gasteiger partial charge in [-0.25, -0.2) is 0 Å². The van der Waals surface area contributed by atoms with Crippen molar-refractivity contribution >= 4 is 49.4 Å². The highest BCUT2D eigenvalue weighted by molar-refractivity contribution is 6.21. The topological polar surface area (TPSA) is 3.24 Å². The molecule has 0 amide bonds. The van der Waals surface area contributed by atoms with E-state index in [1.54, 1.807) is 0 Å². The maximum Gasteiger partial charge on any atom is 0.0462 e. The van der Waals surface area contributed by atoms with Crippen molar-refractivity contribution in [1.82, 2.24) is 0 Å². The highest BCUT2D eigenvalue weighted by Crippen LogP contribution is 2.44. The van der Waals surface area contributed by atoms with Crippen molar-refractivity contribution in [2.24, 2.45) is 0 Å². The fourth-order valence-corrected chi connectivity index (χ4v) is 6.47. The summed E-state index contributed by atoms with van der Waals surface area (Å²) in [5, 5.41) is 7.59. The summed E-state index contributed by atoms with van der Waals surface area (Å²) in [6.07, 6.45) is 0. The van der Waals surface area contributed by atoms with Crippen LogP contribution in [0.2, 0.25) is 0 Å². The van der Waals surface area contributed by atoms with E-state index in [1.165, 1.54) is 54.6 Å². The first-order valence-electron chi connectivity index (χ1n) is 14.8. The van der Waals surface area contributed by atoms with Gasteiger partial charge in [-0.3, -0.25) is 0 Å². The van der Waals surface area contributed by atoms with E-state index in [4.69, 9.17) is 0 Å². The molecule has 0 spiro atoms. The van der Waals surface area contributed by atoms with Crippen molar-refractivity contribution in [1.29, 1.82) is 0 Å². The molecule has 0 saturated heterocycles. The molecule has 0 fully saturated rings. The van der Waals surface area contributed by atoms with Gasteiger partial charge in [0.1, 0.15) is 0 Å². The van der Waals surface area contributed by atoms with Gasteiger partial charge in [-0.1, -0.05) is 133 Å². The molecular weight excluding hydrogens is 518 g/mol. The third-order valence-electron chi connectivity index (χ3n) is 8.41. The fraction of sp³-hybridized carbons (Fsp3) is 0. The van der Waals surface area contributed by atoms with Crippen LogP contribution in [-0.4, -0.2) is 0 Å². The number of hydrogen-bond donors (Lipinski definition) is 0. The van der Waals surface area contributed by atoms with Crippen LogP contribution in [0.5, 0.6) is 0 Å². The van der Waals surface area contributed by atoms with Gasteiger partial charge in [0.15, 0.2) is 0 Å². The highest BCUT2D eigenvalue weighted by atomic mass is 15.1. The summed E-state index contributed by atoms with van der Waals surface area (Å²) in [4.78, 5) is 2.31. The smallest absolute Gasteiger partial charge is 0.0462 e. The molecule has 0 aliphatic carbocycles. The molecule has 0 N–H and O–H groups in total. The van der Waals surface area contributed by atoms with Crippen molar-refractivity contribution in [3.8, 4) is 22.3 Å². The summed E-state index contributed by atoms with van der Waals surface area (Å²) in [5.74, 6) is 0. The molecule has 0 heterocycles. The number of rotatable bonds is 5. The number of benzene rings is 8. The van der Waals surface area contributed by atoms with E-state index in [2.05, 4.69) is 181 Å². The van der Waals surface area contributed by atoms with Gasteiger partial charge in [0.05, 0.1) is 0 Å². The Morgan fingerprint density at radius 3 is 1.21 bits per heavy atom. The van der Waals surface area contributed by atoms with Crippen LogP contribution in [0.3, 0.4) is 0 Å². The zero-order valence-electron chi connectivity index (χ0n) is 23.7. The Labute approximate surface area is 251 Å². The standard InChI is InChI=1S/C42H29N/c1-3-15-34(16-4-1)43(35-17-5-2-6-18-35)36-27-25-31(26-28-36)41-37-19-9-11-21-39(37)42(40-22-12-10-20-38(40)41)33-24-23-30-13-7-8-14-32(30)29-33/h1-29H. The van der Waals surface area contributed by atoms with Gasteiger partial charge in [0, 0.05) is 17.1 Å². The highest BCUT2D eigenvalue weighted by Gasteiger charge is 2.18. The molecule has 1 nitrogen and oxygen atoms in total. The molecule has 0 radical (unpaired) electrons. The van der Waals surface area contributed by atoms with E-state index in [0.29, 0.717) is 0 Å². The molecule has 0 aromatic heterocycles. The second-order valence-electron chi connectivity index (χ2n) is 11.0. The Kier molecular flexibility index (Phi) is 6.20. The van der Waals surface area contributed by atoms with Crippen LogP contribution in [-0.2, 0) is 0 Å². The van der Waals surface area contributed by atoms with E-state index in [-0.39, 0.29) is 0 Å². The Hall–Kier alpha value is -5.66. The Bertz CT molecular complexity index is 2120. The van der Waals surface area contributed by atoms with Crippen LogP contribution in [0.15, 0.2) is 176 Å². The summed E-state index contributed by atoms with van der Waals surface area (Å²) < 4.78 is 0. The minimum Gasteiger partial charge on any atom is -0.311 e. The van der Waals surface area contributed by atoms with Gasteiger partial charge in [-0.05, 0) is 97.0 Å². The third-order valence-corrected chi connectivity index (χ3v) is 8.41. The van der Waals surface area contributed by atoms with Crippen molar-refractivity contribution in [3.05, 3.63) is 176 Å². The predicted molar refractivity (Wildman–Crippen MR) is 185 cm³/mol. The molecule has 202 valence electrons. The largest absolute Gasteiger partial charge is 0.311 e. The Morgan fingerprint density at radius 2 is 0.674 bits per heavy atom. The van der Waals surface area contributed by atoms with Crippen LogP contribution >= 0.6 is 0 Å². The molecule has 0 unspecified atom stereocenters. The van der Waals surface area contributed by atoms with Crippen LogP contribution in [0.4, 0.5) is 17.1 Å². The van der Waals surface area contributed by atoms with Crippen LogP contribution < -0.4 is 4.90 Å². The zero-order chi connectivity index (χ0) is 28.6. The van der Waals surface area contributed by atoms with Crippen LogP contribution in [0, 0.1) is 0 Å². The summed E-state index contributed by atoms with van der Waals surface area (Å²) in [6.45, 7) is 0. The fourth-order valence-electron chi connectivity index (χ4n) is 6.47. The SMILES string of the molecule is c1ccc(N(c2ccccc2)c2ccc(-c3c4ccccc4c(-c4ccc5ccccc5c4)c4ccccc34)cc2)cc1. The first-order valence-corrected chi connectivity index (χ1v) is 14.8. The molecule has 0 atom stereocenters. The van der Waals surface area contributed by atoms with Crippen LogP contribution in [0.1, 0.15) is 0 Å². The maximum absolute atomic E-state index is 2.33. The van der Waals surface area contributed by atoms with Gasteiger partial charge in [-0.15, -0.1) is 0 Å². The first-order chi connectivity index (χ1) is 21.3. The van der Waals surface area contributed by atoms with Gasteiger partial charge in [-0.2, -0.15) is 0 Å². The Morgan fingerprint density at radius 1 is 0.279 bits per heavy atom. The monoisotopic (exact) mass is 547 g/mol. The van der Waals surface area contributed by atoms with Crippen molar-refractivity contribution < 1.29 is 0 Å². The summed E-state index contributed by atoms with van der Waals surface area (Å²) in [6, 6.07) is 63.4. The number of para-hydroxylation sites is 2. The van der Waals surface area contributed by atoms with E-state index in [9.17, 15) is 0 Å². The van der Waals surface area contributed by atoms with E-state index in [0.717, 1.165) is 17.1 Å². The number of hydrogen-bond acceptors (Lipinski definition) is 1. The normalized spacial score (nSPS) is 11.3. The molecule has 8 aromatic carbocycles. The molecule has 8 aromatic rings. The summed E-state index contributed by atoms with van der Waals surface area (Å²) >= 11 is 0. The molecule has 8 rings (SSSR count). The average Bonchev–Trinajstić information content (AvgIpc) is 3.08. The quantitative estimate of drug-likeness (QED) is 0.194. The number of fused-ring (bicyclic) bond motifs is 3. The second kappa shape index (κ2) is 10.6. The maximum atomic E-state index is 2.33. The van der Waals surface area contributed by atoms with Crippen molar-refractivity contribution in [3.63, 3.8) is 0 Å². The van der Waals surface area contributed by atoms with E-state index < -0.39 is 0 Å². The lowest BCUT2D eigenvalue weighted by molar-refractivity contribution is 1.28. The van der Waals surface area contributed by atoms with Crippen molar-refractivity contribution in [2.45, 2.75) is 0 Å². The lowest BCUT2D eigenvalue weighted by Crippen LogP contribution is -2.09. The number of anilines is 3. The summed E-state index contributed by atoms with van der Waals surface area (Å²) in [5.41, 5.74) is 8.42. The third kappa shape index (κ3) is 4.43. The van der Waals surface area contributed by atoms with Gasteiger partial charge < -0.3 is 4.90 Å². The molecule has 1 heteroatoms. The minimum absolute atomic E-state index is 1.13. The van der Waals surface area contributed by atoms with Crippen molar-refractivity contribution in [2.75, 3.05) is 4.90 Å². The zero-order valence-corrected chi connectivity index (χ0v) is 23.7. The molecule has 43 heavy (non-hydrogen) atoms. The van der Waals surface area contributed by atoms with Crippen LogP contribution in [0.25, 0.3) is 54.6 Å². The van der Waals surface area contributed by atoms with E-state index >= 15 is 0 Å². The summed E-state index contributed by atoms with van der Waals surface area (Å²) in [7, 11) is 0. The molecule has 0 aliphatic rings. The van der Waals surface area contributed by atoms with E-state index in [1.807, 2.05) is 0 Å². The number of nitrogens with zero attached hydrogens (tertiary/aromatic N) is 1. The molecule has 0 aliphatic heterocycles. The lowest BCUT2D eigenvalue weighted by Gasteiger charge is -2.25. The lowest BCUT2D eigenvalue weighted by atomic mass is 9.85. The average molecular weight is 548 g/mol. The minimum atomic E-state index is 1.13. The second-order valence-corrected chi connectivity index (χ2v) is 11.0. The molecular formula is C42H29N. The molecule has 0 saturated carbocycles. The van der Waals surface area contributed by atoms with Gasteiger partial charge in [0.2, 0.25) is 0 Å². The first kappa shape index (κ1) is 25.1.